The standard InChI is InChI=1S/C8H9N3O/c1-2-12-8-6(4-9)3-7(10)5-11-8/h3,5H,2,10H2,1H3. The fourth-order valence-corrected chi connectivity index (χ4v) is 0.800. The van der Waals surface area contributed by atoms with Gasteiger partial charge in [-0.15, -0.1) is 0 Å². The van der Waals surface area contributed by atoms with E-state index in [-0.39, 0.29) is 0 Å². The molecule has 0 aliphatic carbocycles. The van der Waals surface area contributed by atoms with Gasteiger partial charge >= 0.3 is 0 Å². The fourth-order valence-electron chi connectivity index (χ4n) is 0.800. The molecule has 0 fully saturated rings. The van der Waals surface area contributed by atoms with Crippen molar-refractivity contribution in [2.24, 2.45) is 0 Å². The number of aromatic nitrogens is 1. The van der Waals surface area contributed by atoms with Crippen LogP contribution < -0.4 is 10.5 Å². The van der Waals surface area contributed by atoms with Gasteiger partial charge in [-0.25, -0.2) is 4.98 Å². The van der Waals surface area contributed by atoms with Crippen molar-refractivity contribution >= 4 is 5.69 Å². The number of rotatable bonds is 2. The number of ether oxygens (including phenoxy) is 1. The third kappa shape index (κ3) is 1.64. The summed E-state index contributed by atoms with van der Waals surface area (Å²) in [4.78, 5) is 3.87. The van der Waals surface area contributed by atoms with Gasteiger partial charge < -0.3 is 10.5 Å². The Balaban J connectivity index is 3.05. The van der Waals surface area contributed by atoms with Crippen LogP contribution in [0, 0.1) is 11.3 Å². The number of nitriles is 1. The summed E-state index contributed by atoms with van der Waals surface area (Å²) in [5, 5.41) is 8.64. The van der Waals surface area contributed by atoms with Gasteiger partial charge in [0.05, 0.1) is 18.5 Å². The summed E-state index contributed by atoms with van der Waals surface area (Å²) >= 11 is 0. The van der Waals surface area contributed by atoms with Crippen LogP contribution in [0.1, 0.15) is 12.5 Å². The van der Waals surface area contributed by atoms with Gasteiger partial charge in [-0.05, 0) is 13.0 Å². The van der Waals surface area contributed by atoms with E-state index in [9.17, 15) is 0 Å². The van der Waals surface area contributed by atoms with Crippen molar-refractivity contribution in [3.05, 3.63) is 17.8 Å². The van der Waals surface area contributed by atoms with Gasteiger partial charge in [-0.1, -0.05) is 0 Å². The molecule has 12 heavy (non-hydrogen) atoms. The number of hydrogen-bond donors (Lipinski definition) is 1. The van der Waals surface area contributed by atoms with Gasteiger partial charge in [-0.3, -0.25) is 0 Å². The second-order valence-electron chi connectivity index (χ2n) is 2.17. The van der Waals surface area contributed by atoms with E-state index in [0.717, 1.165) is 0 Å². The number of nitrogens with zero attached hydrogens (tertiary/aromatic N) is 2. The lowest BCUT2D eigenvalue weighted by molar-refractivity contribution is 0.326. The number of anilines is 1. The first kappa shape index (κ1) is 8.34. The summed E-state index contributed by atoms with van der Waals surface area (Å²) in [5.74, 6) is 0.342. The molecule has 1 rings (SSSR count). The second kappa shape index (κ2) is 3.58. The molecule has 0 atom stereocenters. The number of hydrogen-bond acceptors (Lipinski definition) is 4. The third-order valence-electron chi connectivity index (χ3n) is 1.27. The molecule has 0 amide bonds. The van der Waals surface area contributed by atoms with Crippen LogP contribution in [-0.2, 0) is 0 Å². The van der Waals surface area contributed by atoms with E-state index in [1.54, 1.807) is 0 Å². The maximum Gasteiger partial charge on any atom is 0.231 e. The molecule has 0 spiro atoms. The minimum absolute atomic E-state index is 0.342. The van der Waals surface area contributed by atoms with E-state index in [4.69, 9.17) is 15.7 Å². The largest absolute Gasteiger partial charge is 0.477 e. The lowest BCUT2D eigenvalue weighted by Gasteiger charge is -2.03. The smallest absolute Gasteiger partial charge is 0.231 e. The maximum absolute atomic E-state index is 8.64. The van der Waals surface area contributed by atoms with Crippen molar-refractivity contribution in [2.45, 2.75) is 6.92 Å². The summed E-state index contributed by atoms with van der Waals surface area (Å²) in [6.07, 6.45) is 1.46. The normalized spacial score (nSPS) is 9.00. The van der Waals surface area contributed by atoms with Gasteiger partial charge in [0.1, 0.15) is 11.6 Å². The Kier molecular flexibility index (Phi) is 2.49. The lowest BCUT2D eigenvalue weighted by atomic mass is 10.3. The Hall–Kier alpha value is -1.76. The highest BCUT2D eigenvalue weighted by Crippen LogP contribution is 2.16. The molecular weight excluding hydrogens is 154 g/mol. The first-order valence-electron chi connectivity index (χ1n) is 3.56. The zero-order valence-electron chi connectivity index (χ0n) is 6.74. The number of nitrogen functional groups attached to an aromatic ring is 1. The quantitative estimate of drug-likeness (QED) is 0.704. The average molecular weight is 163 g/mol. The SMILES string of the molecule is CCOc1ncc(N)cc1C#N. The first-order valence-corrected chi connectivity index (χ1v) is 3.56. The Morgan fingerprint density at radius 1 is 1.75 bits per heavy atom. The van der Waals surface area contributed by atoms with E-state index < -0.39 is 0 Å². The second-order valence-corrected chi connectivity index (χ2v) is 2.17. The van der Waals surface area contributed by atoms with Gasteiger partial charge in [0, 0.05) is 0 Å². The zero-order valence-corrected chi connectivity index (χ0v) is 6.74. The topological polar surface area (TPSA) is 71.9 Å². The van der Waals surface area contributed by atoms with Crippen LogP contribution >= 0.6 is 0 Å². The van der Waals surface area contributed by atoms with Crippen LogP contribution in [-0.4, -0.2) is 11.6 Å². The molecular formula is C8H9N3O. The van der Waals surface area contributed by atoms with Crippen molar-refractivity contribution in [1.82, 2.24) is 4.98 Å². The monoisotopic (exact) mass is 163 g/mol. The summed E-state index contributed by atoms with van der Waals surface area (Å²) < 4.78 is 5.09. The number of nitrogens with two attached hydrogens (primary N) is 1. The van der Waals surface area contributed by atoms with Crippen LogP contribution in [0.4, 0.5) is 5.69 Å². The number of pyridine rings is 1. The summed E-state index contributed by atoms with van der Waals surface area (Å²) in [6.45, 7) is 2.32. The maximum atomic E-state index is 8.64. The highest BCUT2D eigenvalue weighted by atomic mass is 16.5. The van der Waals surface area contributed by atoms with Crippen molar-refractivity contribution in [1.29, 1.82) is 5.26 Å². The van der Waals surface area contributed by atoms with E-state index >= 15 is 0 Å². The van der Waals surface area contributed by atoms with E-state index in [1.807, 2.05) is 13.0 Å². The minimum atomic E-state index is 0.342. The molecule has 0 unspecified atom stereocenters. The van der Waals surface area contributed by atoms with Gasteiger partial charge in [0.2, 0.25) is 5.88 Å². The van der Waals surface area contributed by atoms with E-state index in [1.165, 1.54) is 12.3 Å². The molecule has 0 bridgehead atoms. The average Bonchev–Trinajstić information content (AvgIpc) is 2.08. The molecule has 0 saturated heterocycles. The molecule has 2 N–H and O–H groups in total. The molecule has 62 valence electrons. The molecule has 4 nitrogen and oxygen atoms in total. The van der Waals surface area contributed by atoms with Crippen LogP contribution in [0.15, 0.2) is 12.3 Å². The minimum Gasteiger partial charge on any atom is -0.477 e. The van der Waals surface area contributed by atoms with Crippen molar-refractivity contribution in [3.63, 3.8) is 0 Å². The van der Waals surface area contributed by atoms with E-state index in [2.05, 4.69) is 4.98 Å². The van der Waals surface area contributed by atoms with Crippen LogP contribution in [0.5, 0.6) is 5.88 Å². The Labute approximate surface area is 70.6 Å². The molecule has 0 radical (unpaired) electrons. The van der Waals surface area contributed by atoms with Crippen molar-refractivity contribution in [3.8, 4) is 11.9 Å². The molecule has 0 aliphatic rings. The van der Waals surface area contributed by atoms with Crippen LogP contribution in [0.3, 0.4) is 0 Å². The first-order chi connectivity index (χ1) is 5.77. The van der Waals surface area contributed by atoms with Crippen molar-refractivity contribution in [2.75, 3.05) is 12.3 Å². The van der Waals surface area contributed by atoms with Crippen molar-refractivity contribution < 1.29 is 4.74 Å². The molecule has 1 aromatic rings. The molecule has 4 heteroatoms. The molecule has 0 aliphatic heterocycles. The Morgan fingerprint density at radius 2 is 2.50 bits per heavy atom. The molecule has 0 saturated carbocycles. The van der Waals surface area contributed by atoms with E-state index in [0.29, 0.717) is 23.7 Å². The third-order valence-corrected chi connectivity index (χ3v) is 1.27. The predicted octanol–water partition coefficient (Wildman–Crippen LogP) is 0.934. The molecule has 0 aromatic carbocycles. The van der Waals surface area contributed by atoms with Crippen LogP contribution in [0.2, 0.25) is 0 Å². The summed E-state index contributed by atoms with van der Waals surface area (Å²) in [5.41, 5.74) is 6.27. The highest BCUT2D eigenvalue weighted by Gasteiger charge is 2.03. The Bertz CT molecular complexity index is 317. The molecule has 1 heterocycles. The summed E-state index contributed by atoms with van der Waals surface area (Å²) in [7, 11) is 0. The predicted molar refractivity (Wildman–Crippen MR) is 44.5 cm³/mol. The summed E-state index contributed by atoms with van der Waals surface area (Å²) in [6, 6.07) is 3.49. The highest BCUT2D eigenvalue weighted by molar-refractivity contribution is 5.48. The lowest BCUT2D eigenvalue weighted by Crippen LogP contribution is -1.98. The molecule has 1 aromatic heterocycles. The fraction of sp³-hybridized carbons (Fsp3) is 0.250. The van der Waals surface area contributed by atoms with Gasteiger partial charge in [0.25, 0.3) is 0 Å². The van der Waals surface area contributed by atoms with Gasteiger partial charge in [-0.2, -0.15) is 5.26 Å². The van der Waals surface area contributed by atoms with Crippen LogP contribution in [0.25, 0.3) is 0 Å². The zero-order chi connectivity index (χ0) is 8.97. The van der Waals surface area contributed by atoms with Gasteiger partial charge in [0.15, 0.2) is 0 Å². The Morgan fingerprint density at radius 3 is 3.08 bits per heavy atom.